The van der Waals surface area contributed by atoms with Gasteiger partial charge in [-0.1, -0.05) is 25.0 Å². The number of allylic oxidation sites excluding steroid dienone is 1. The summed E-state index contributed by atoms with van der Waals surface area (Å²) >= 11 is 0. The van der Waals surface area contributed by atoms with Crippen molar-refractivity contribution in [3.05, 3.63) is 11.6 Å². The molecule has 0 spiro atoms. The molecule has 0 unspecified atom stereocenters. The number of aliphatic hydroxyl groups is 3. The lowest BCUT2D eigenvalue weighted by atomic mass is 9.48. The van der Waals surface area contributed by atoms with Gasteiger partial charge in [-0.25, -0.2) is 0 Å². The van der Waals surface area contributed by atoms with Crippen molar-refractivity contribution < 1.29 is 15.3 Å². The first-order chi connectivity index (χ1) is 8.54. The van der Waals surface area contributed by atoms with E-state index < -0.39 is 0 Å². The molecule has 4 atom stereocenters. The lowest BCUT2D eigenvalue weighted by Crippen LogP contribution is -2.55. The Morgan fingerprint density at radius 1 is 1.22 bits per heavy atom. The highest BCUT2D eigenvalue weighted by molar-refractivity contribution is 5.19. The van der Waals surface area contributed by atoms with Crippen LogP contribution in [0.1, 0.15) is 39.5 Å². The molecule has 0 aliphatic heterocycles. The SMILES string of the molecule is CC1=CC[C@@H]2[C@](C)(CO)CCC[C@]2(CO)[C@H]1CO. The summed E-state index contributed by atoms with van der Waals surface area (Å²) < 4.78 is 0. The van der Waals surface area contributed by atoms with Crippen LogP contribution in [0.2, 0.25) is 0 Å². The number of hydrogen-bond donors (Lipinski definition) is 3. The molecule has 0 saturated heterocycles. The molecule has 3 N–H and O–H groups in total. The second-order valence-electron chi connectivity index (χ2n) is 6.53. The van der Waals surface area contributed by atoms with E-state index in [4.69, 9.17) is 0 Å². The molecule has 0 aromatic carbocycles. The molecule has 0 heterocycles. The zero-order valence-electron chi connectivity index (χ0n) is 11.5. The van der Waals surface area contributed by atoms with Gasteiger partial charge in [0.05, 0.1) is 6.61 Å². The summed E-state index contributed by atoms with van der Waals surface area (Å²) in [5.41, 5.74) is 0.847. The van der Waals surface area contributed by atoms with Crippen LogP contribution in [0.4, 0.5) is 0 Å². The van der Waals surface area contributed by atoms with Crippen LogP contribution in [0.3, 0.4) is 0 Å². The molecule has 1 saturated carbocycles. The molecule has 2 aliphatic rings. The molecule has 0 amide bonds. The monoisotopic (exact) mass is 254 g/mol. The molecule has 3 nitrogen and oxygen atoms in total. The van der Waals surface area contributed by atoms with Gasteiger partial charge in [0, 0.05) is 24.5 Å². The van der Waals surface area contributed by atoms with Gasteiger partial charge in [0.1, 0.15) is 0 Å². The molecule has 18 heavy (non-hydrogen) atoms. The number of rotatable bonds is 3. The fourth-order valence-electron chi connectivity index (χ4n) is 4.51. The minimum Gasteiger partial charge on any atom is -0.396 e. The predicted octanol–water partition coefficient (Wildman–Crippen LogP) is 1.72. The van der Waals surface area contributed by atoms with E-state index >= 15 is 0 Å². The average molecular weight is 254 g/mol. The van der Waals surface area contributed by atoms with Crippen LogP contribution in [0.5, 0.6) is 0 Å². The van der Waals surface area contributed by atoms with E-state index in [1.54, 1.807) is 0 Å². The second kappa shape index (κ2) is 4.95. The Balaban J connectivity index is 2.44. The largest absolute Gasteiger partial charge is 0.396 e. The van der Waals surface area contributed by atoms with Gasteiger partial charge in [0.15, 0.2) is 0 Å². The zero-order valence-corrected chi connectivity index (χ0v) is 11.5. The molecule has 104 valence electrons. The molecule has 0 radical (unpaired) electrons. The Labute approximate surface area is 110 Å². The quantitative estimate of drug-likeness (QED) is 0.672. The number of hydrogen-bond acceptors (Lipinski definition) is 3. The summed E-state index contributed by atoms with van der Waals surface area (Å²) in [5, 5.41) is 29.5. The maximum atomic E-state index is 10.0. The zero-order chi connectivity index (χ0) is 13.4. The summed E-state index contributed by atoms with van der Waals surface area (Å²) in [4.78, 5) is 0. The molecule has 2 rings (SSSR count). The van der Waals surface area contributed by atoms with E-state index in [1.807, 2.05) is 0 Å². The average Bonchev–Trinajstić information content (AvgIpc) is 2.38. The van der Waals surface area contributed by atoms with Crippen molar-refractivity contribution in [1.29, 1.82) is 0 Å². The Morgan fingerprint density at radius 3 is 2.50 bits per heavy atom. The van der Waals surface area contributed by atoms with Crippen LogP contribution in [-0.4, -0.2) is 35.1 Å². The van der Waals surface area contributed by atoms with Gasteiger partial charge in [0.25, 0.3) is 0 Å². The van der Waals surface area contributed by atoms with Crippen molar-refractivity contribution in [3.63, 3.8) is 0 Å². The summed E-state index contributed by atoms with van der Waals surface area (Å²) in [6.07, 6.45) is 6.11. The van der Waals surface area contributed by atoms with E-state index in [0.717, 1.165) is 25.7 Å². The molecular formula is C15H26O3. The maximum absolute atomic E-state index is 10.0. The van der Waals surface area contributed by atoms with Gasteiger partial charge in [-0.2, -0.15) is 0 Å². The first kappa shape index (κ1) is 14.0. The molecular weight excluding hydrogens is 228 g/mol. The third kappa shape index (κ3) is 1.84. The summed E-state index contributed by atoms with van der Waals surface area (Å²) in [5.74, 6) is 0.321. The molecule has 0 bridgehead atoms. The highest BCUT2D eigenvalue weighted by atomic mass is 16.3. The highest BCUT2D eigenvalue weighted by Gasteiger charge is 2.55. The summed E-state index contributed by atoms with van der Waals surface area (Å²) in [6, 6.07) is 0. The lowest BCUT2D eigenvalue weighted by molar-refractivity contribution is -0.116. The standard InChI is InChI=1S/C15H26O3/c1-11-4-5-13-14(2,9-17)6-3-7-15(13,10-18)12(11)8-16/h4,12-13,16-18H,3,5-10H2,1-2H3/t12-,13+,14-,15-/m0/s1. The molecule has 2 aliphatic carbocycles. The van der Waals surface area contributed by atoms with Crippen molar-refractivity contribution >= 4 is 0 Å². The van der Waals surface area contributed by atoms with E-state index in [-0.39, 0.29) is 42.5 Å². The Hall–Kier alpha value is -0.380. The third-order valence-electron chi connectivity index (χ3n) is 5.68. The maximum Gasteiger partial charge on any atom is 0.0502 e. The van der Waals surface area contributed by atoms with Crippen molar-refractivity contribution in [2.45, 2.75) is 39.5 Å². The van der Waals surface area contributed by atoms with Gasteiger partial charge in [-0.05, 0) is 37.5 Å². The van der Waals surface area contributed by atoms with Crippen LogP contribution >= 0.6 is 0 Å². The third-order valence-corrected chi connectivity index (χ3v) is 5.68. The molecule has 0 aromatic rings. The minimum atomic E-state index is -0.233. The van der Waals surface area contributed by atoms with Gasteiger partial charge in [0.2, 0.25) is 0 Å². The summed E-state index contributed by atoms with van der Waals surface area (Å²) in [6.45, 7) is 4.57. The van der Waals surface area contributed by atoms with Crippen LogP contribution in [0.25, 0.3) is 0 Å². The normalized spacial score (nSPS) is 44.4. The van der Waals surface area contributed by atoms with Crippen molar-refractivity contribution in [2.75, 3.05) is 19.8 Å². The first-order valence-electron chi connectivity index (χ1n) is 7.03. The fraction of sp³-hybridized carbons (Fsp3) is 0.867. The minimum absolute atomic E-state index is 0.0485. The van der Waals surface area contributed by atoms with Crippen LogP contribution < -0.4 is 0 Å². The Kier molecular flexibility index (Phi) is 3.86. The molecule has 3 heteroatoms. The summed E-state index contributed by atoms with van der Waals surface area (Å²) in [7, 11) is 0. The molecule has 0 aromatic heterocycles. The van der Waals surface area contributed by atoms with E-state index in [2.05, 4.69) is 19.9 Å². The fourth-order valence-corrected chi connectivity index (χ4v) is 4.51. The van der Waals surface area contributed by atoms with Gasteiger partial charge >= 0.3 is 0 Å². The van der Waals surface area contributed by atoms with Crippen molar-refractivity contribution in [3.8, 4) is 0 Å². The Bertz CT molecular complexity index is 339. The van der Waals surface area contributed by atoms with E-state index in [9.17, 15) is 15.3 Å². The van der Waals surface area contributed by atoms with Crippen molar-refractivity contribution in [2.24, 2.45) is 22.7 Å². The van der Waals surface area contributed by atoms with Gasteiger partial charge in [-0.15, -0.1) is 0 Å². The smallest absolute Gasteiger partial charge is 0.0502 e. The number of aliphatic hydroxyl groups excluding tert-OH is 3. The Morgan fingerprint density at radius 2 is 1.94 bits per heavy atom. The van der Waals surface area contributed by atoms with Gasteiger partial charge in [-0.3, -0.25) is 0 Å². The van der Waals surface area contributed by atoms with Gasteiger partial charge < -0.3 is 15.3 Å². The van der Waals surface area contributed by atoms with E-state index in [0.29, 0.717) is 0 Å². The second-order valence-corrected chi connectivity index (χ2v) is 6.53. The first-order valence-corrected chi connectivity index (χ1v) is 7.03. The van der Waals surface area contributed by atoms with Crippen LogP contribution in [-0.2, 0) is 0 Å². The topological polar surface area (TPSA) is 60.7 Å². The van der Waals surface area contributed by atoms with E-state index in [1.165, 1.54) is 5.57 Å². The predicted molar refractivity (Wildman–Crippen MR) is 71.0 cm³/mol. The number of fused-ring (bicyclic) bond motifs is 1. The van der Waals surface area contributed by atoms with Crippen molar-refractivity contribution in [1.82, 2.24) is 0 Å². The molecule has 1 fully saturated rings. The van der Waals surface area contributed by atoms with Crippen LogP contribution in [0, 0.1) is 22.7 Å². The highest BCUT2D eigenvalue weighted by Crippen LogP contribution is 2.59. The van der Waals surface area contributed by atoms with Crippen LogP contribution in [0.15, 0.2) is 11.6 Å². The lowest BCUT2D eigenvalue weighted by Gasteiger charge is -2.57.